The molecule has 0 spiro atoms. The number of esters is 1. The number of piperazine rings is 1. The zero-order valence-electron chi connectivity index (χ0n) is 18.8. The van der Waals surface area contributed by atoms with Gasteiger partial charge in [-0.15, -0.1) is 0 Å². The van der Waals surface area contributed by atoms with Gasteiger partial charge in [0.15, 0.2) is 4.90 Å². The Hall–Kier alpha value is -3.02. The zero-order valence-corrected chi connectivity index (χ0v) is 20.4. The minimum atomic E-state index is -4.35. The lowest BCUT2D eigenvalue weighted by Gasteiger charge is -2.41. The maximum Gasteiger partial charge on any atom is 0.328 e. The van der Waals surface area contributed by atoms with E-state index in [1.165, 1.54) is 31.1 Å². The van der Waals surface area contributed by atoms with Crippen LogP contribution in [0.15, 0.2) is 47.4 Å². The van der Waals surface area contributed by atoms with Crippen molar-refractivity contribution in [1.29, 1.82) is 0 Å². The van der Waals surface area contributed by atoms with Gasteiger partial charge < -0.3 is 9.64 Å². The van der Waals surface area contributed by atoms with Crippen LogP contribution in [0.5, 0.6) is 0 Å². The minimum Gasteiger partial charge on any atom is -0.467 e. The molecule has 3 rings (SSSR count). The van der Waals surface area contributed by atoms with Crippen LogP contribution >= 0.6 is 11.6 Å². The van der Waals surface area contributed by atoms with Crippen molar-refractivity contribution in [3.63, 3.8) is 0 Å². The van der Waals surface area contributed by atoms with E-state index in [2.05, 4.69) is 0 Å². The topological polar surface area (TPSA) is 127 Å². The van der Waals surface area contributed by atoms with E-state index >= 15 is 0 Å². The number of halogens is 1. The highest BCUT2D eigenvalue weighted by Gasteiger charge is 2.44. The first-order chi connectivity index (χ1) is 16.0. The lowest BCUT2D eigenvalue weighted by Crippen LogP contribution is -2.61. The lowest BCUT2D eigenvalue weighted by atomic mass is 9.99. The van der Waals surface area contributed by atoms with Crippen molar-refractivity contribution in [2.24, 2.45) is 0 Å². The standard InChI is InChI=1S/C22H24ClN3O7S/c1-14-12-17(23)9-8-16(14)13-19(22(28)33-3)24-10-11-25(15(2)21(24)27)34(31,32)20-7-5-4-6-18(20)26(29)30/h4-9,12,15,19H,10-11,13H2,1-3H3/t15-,19-/m0/s1. The largest absolute Gasteiger partial charge is 0.467 e. The quantitative estimate of drug-likeness (QED) is 0.319. The van der Waals surface area contributed by atoms with Crippen molar-refractivity contribution < 1.29 is 27.7 Å². The lowest BCUT2D eigenvalue weighted by molar-refractivity contribution is -0.387. The second kappa shape index (κ2) is 10.1. The predicted octanol–water partition coefficient (Wildman–Crippen LogP) is 2.56. The van der Waals surface area contributed by atoms with Gasteiger partial charge in [-0.25, -0.2) is 13.2 Å². The van der Waals surface area contributed by atoms with Gasteiger partial charge in [0.25, 0.3) is 15.7 Å². The summed E-state index contributed by atoms with van der Waals surface area (Å²) in [4.78, 5) is 37.3. The summed E-state index contributed by atoms with van der Waals surface area (Å²) in [6.45, 7) is 2.99. The van der Waals surface area contributed by atoms with Gasteiger partial charge in [0.1, 0.15) is 12.1 Å². The Balaban J connectivity index is 1.91. The summed E-state index contributed by atoms with van der Waals surface area (Å²) in [6.07, 6.45) is 0.158. The van der Waals surface area contributed by atoms with Crippen LogP contribution in [0.1, 0.15) is 18.1 Å². The Morgan fingerprint density at radius 3 is 2.56 bits per heavy atom. The number of carbonyl (C=O) groups excluding carboxylic acids is 2. The van der Waals surface area contributed by atoms with Crippen LogP contribution in [-0.2, 0) is 30.8 Å². The number of benzene rings is 2. The van der Waals surface area contributed by atoms with Gasteiger partial charge in [0, 0.05) is 30.6 Å². The van der Waals surface area contributed by atoms with Crippen molar-refractivity contribution in [3.8, 4) is 0 Å². The molecule has 0 bridgehead atoms. The number of methoxy groups -OCH3 is 1. The Bertz CT molecular complexity index is 1230. The number of para-hydroxylation sites is 1. The van der Waals surface area contributed by atoms with Gasteiger partial charge in [-0.3, -0.25) is 14.9 Å². The molecule has 0 aromatic heterocycles. The molecule has 1 saturated heterocycles. The van der Waals surface area contributed by atoms with Gasteiger partial charge in [-0.1, -0.05) is 29.8 Å². The molecule has 0 saturated carbocycles. The van der Waals surface area contributed by atoms with Crippen LogP contribution in [0.25, 0.3) is 0 Å². The molecule has 1 aliphatic rings. The van der Waals surface area contributed by atoms with Crippen molar-refractivity contribution >= 4 is 39.2 Å². The Labute approximate surface area is 202 Å². The van der Waals surface area contributed by atoms with E-state index < -0.39 is 49.5 Å². The van der Waals surface area contributed by atoms with Crippen molar-refractivity contribution in [2.75, 3.05) is 20.2 Å². The summed E-state index contributed by atoms with van der Waals surface area (Å²) in [7, 11) is -3.14. The second-order valence-electron chi connectivity index (χ2n) is 7.86. The molecular weight excluding hydrogens is 486 g/mol. The van der Waals surface area contributed by atoms with Crippen LogP contribution in [-0.4, -0.2) is 66.7 Å². The molecule has 1 aliphatic heterocycles. The van der Waals surface area contributed by atoms with Crippen molar-refractivity contribution in [2.45, 2.75) is 37.2 Å². The summed E-state index contributed by atoms with van der Waals surface area (Å²) in [5.74, 6) is -1.24. The summed E-state index contributed by atoms with van der Waals surface area (Å²) in [5, 5.41) is 11.9. The van der Waals surface area contributed by atoms with Gasteiger partial charge >= 0.3 is 5.97 Å². The number of nitrogens with zero attached hydrogens (tertiary/aromatic N) is 3. The number of aryl methyl sites for hydroxylation is 1. The third-order valence-corrected chi connectivity index (χ3v) is 8.10. The van der Waals surface area contributed by atoms with Crippen LogP contribution in [0.2, 0.25) is 5.02 Å². The molecule has 182 valence electrons. The summed E-state index contributed by atoms with van der Waals surface area (Å²) in [6, 6.07) is 8.00. The highest BCUT2D eigenvalue weighted by Crippen LogP contribution is 2.30. The summed E-state index contributed by atoms with van der Waals surface area (Å²) < 4.78 is 32.3. The normalized spacial score (nSPS) is 17.9. The van der Waals surface area contributed by atoms with Crippen molar-refractivity contribution in [1.82, 2.24) is 9.21 Å². The molecule has 10 nitrogen and oxygen atoms in total. The molecule has 2 atom stereocenters. The number of ether oxygens (including phenoxy) is 1. The van der Waals surface area contributed by atoms with Crippen LogP contribution in [0.3, 0.4) is 0 Å². The molecule has 2 aromatic carbocycles. The molecule has 0 radical (unpaired) electrons. The van der Waals surface area contributed by atoms with Crippen LogP contribution in [0, 0.1) is 17.0 Å². The van der Waals surface area contributed by atoms with E-state index in [4.69, 9.17) is 16.3 Å². The van der Waals surface area contributed by atoms with Crippen molar-refractivity contribution in [3.05, 3.63) is 68.7 Å². The van der Waals surface area contributed by atoms with Gasteiger partial charge in [0.05, 0.1) is 12.0 Å². The molecule has 1 fully saturated rings. The first kappa shape index (κ1) is 25.6. The van der Waals surface area contributed by atoms with Crippen LogP contribution in [0.4, 0.5) is 5.69 Å². The van der Waals surface area contributed by atoms with Gasteiger partial charge in [-0.2, -0.15) is 4.31 Å². The monoisotopic (exact) mass is 509 g/mol. The molecular formula is C22H24ClN3O7S. The highest BCUT2D eigenvalue weighted by atomic mass is 35.5. The number of hydrogen-bond acceptors (Lipinski definition) is 7. The van der Waals surface area contributed by atoms with E-state index in [1.807, 2.05) is 6.92 Å². The van der Waals surface area contributed by atoms with Gasteiger partial charge in [-0.05, 0) is 43.2 Å². The van der Waals surface area contributed by atoms with E-state index in [-0.39, 0.29) is 19.5 Å². The third kappa shape index (κ3) is 4.91. The smallest absolute Gasteiger partial charge is 0.328 e. The maximum atomic E-state index is 13.3. The molecule has 12 heteroatoms. The predicted molar refractivity (Wildman–Crippen MR) is 124 cm³/mol. The van der Waals surface area contributed by atoms with E-state index in [1.54, 1.807) is 18.2 Å². The molecule has 0 N–H and O–H groups in total. The molecule has 2 aromatic rings. The highest BCUT2D eigenvalue weighted by molar-refractivity contribution is 7.89. The van der Waals surface area contributed by atoms with E-state index in [0.29, 0.717) is 5.02 Å². The van der Waals surface area contributed by atoms with Gasteiger partial charge in [0.2, 0.25) is 5.91 Å². The summed E-state index contributed by atoms with van der Waals surface area (Å²) in [5.41, 5.74) is 1.05. The minimum absolute atomic E-state index is 0.0879. The molecule has 1 amide bonds. The maximum absolute atomic E-state index is 13.3. The fraction of sp³-hybridized carbons (Fsp3) is 0.364. The zero-order chi connectivity index (χ0) is 25.2. The molecule has 0 aliphatic carbocycles. The number of sulfonamides is 1. The van der Waals surface area contributed by atoms with E-state index in [9.17, 15) is 28.1 Å². The molecule has 1 heterocycles. The number of nitro groups is 1. The molecule has 0 unspecified atom stereocenters. The number of hydrogen-bond donors (Lipinski definition) is 0. The number of nitro benzene ring substituents is 1. The Morgan fingerprint density at radius 2 is 1.94 bits per heavy atom. The Kier molecular flexibility index (Phi) is 7.59. The number of amides is 1. The average Bonchev–Trinajstić information content (AvgIpc) is 2.80. The van der Waals surface area contributed by atoms with Crippen LogP contribution < -0.4 is 0 Å². The number of carbonyl (C=O) groups is 2. The average molecular weight is 510 g/mol. The SMILES string of the molecule is COC(=O)[C@H](Cc1ccc(Cl)cc1C)N1CCN(S(=O)(=O)c2ccccc2[N+](=O)[O-])[C@@H](C)C1=O. The Morgan fingerprint density at radius 1 is 1.26 bits per heavy atom. The molecule has 34 heavy (non-hydrogen) atoms. The third-order valence-electron chi connectivity index (χ3n) is 5.85. The second-order valence-corrected chi connectivity index (χ2v) is 10.2. The first-order valence-corrected chi connectivity index (χ1v) is 12.2. The fourth-order valence-corrected chi connectivity index (χ4v) is 5.98. The summed E-state index contributed by atoms with van der Waals surface area (Å²) >= 11 is 6.01. The first-order valence-electron chi connectivity index (χ1n) is 10.4. The number of rotatable bonds is 7. The fourth-order valence-electron chi connectivity index (χ4n) is 4.02. The van der Waals surface area contributed by atoms with E-state index in [0.717, 1.165) is 27.6 Å².